The zero-order chi connectivity index (χ0) is 30.8. The van der Waals surface area contributed by atoms with Crippen LogP contribution in [0.15, 0.2) is 54.9 Å². The molecule has 1 fully saturated rings. The van der Waals surface area contributed by atoms with Crippen LogP contribution in [-0.2, 0) is 25.6 Å². The van der Waals surface area contributed by atoms with Gasteiger partial charge in [0.2, 0.25) is 0 Å². The van der Waals surface area contributed by atoms with Crippen LogP contribution in [0, 0.1) is 0 Å². The predicted octanol–water partition coefficient (Wildman–Crippen LogP) is 5.19. The van der Waals surface area contributed by atoms with Gasteiger partial charge < -0.3 is 34.3 Å². The molecule has 0 bridgehead atoms. The molecule has 2 heterocycles. The second-order valence-electron chi connectivity index (χ2n) is 11.7. The molecule has 2 N–H and O–H groups in total. The Morgan fingerprint density at radius 1 is 1.12 bits per heavy atom. The zero-order valence-electron chi connectivity index (χ0n) is 25.0. The number of aliphatic carboxylic acids is 1. The lowest BCUT2D eigenvalue weighted by Gasteiger charge is -2.41. The molecule has 2 aromatic rings. The molecule has 11 heteroatoms. The molecule has 1 aromatic carbocycles. The molecule has 1 aliphatic carbocycles. The second-order valence-corrected chi connectivity index (χ2v) is 11.7. The third-order valence-electron chi connectivity index (χ3n) is 7.27. The molecule has 3 atom stereocenters. The third-order valence-corrected chi connectivity index (χ3v) is 7.27. The minimum atomic E-state index is -1.05. The molecule has 232 valence electrons. The van der Waals surface area contributed by atoms with E-state index in [2.05, 4.69) is 16.4 Å². The average molecular weight is 596 g/mol. The Morgan fingerprint density at radius 3 is 2.60 bits per heavy atom. The van der Waals surface area contributed by atoms with Gasteiger partial charge in [-0.2, -0.15) is 0 Å². The van der Waals surface area contributed by atoms with Crippen molar-refractivity contribution in [2.75, 3.05) is 19.8 Å². The van der Waals surface area contributed by atoms with E-state index in [0.717, 1.165) is 23.1 Å². The van der Waals surface area contributed by atoms with Crippen LogP contribution in [0.2, 0.25) is 0 Å². The van der Waals surface area contributed by atoms with Crippen LogP contribution in [-0.4, -0.2) is 76.7 Å². The Labute approximate surface area is 252 Å². The lowest BCUT2D eigenvalue weighted by molar-refractivity contribution is -0.139. The molecule has 0 saturated carbocycles. The fourth-order valence-electron chi connectivity index (χ4n) is 5.26. The number of pyridine rings is 1. The lowest BCUT2D eigenvalue weighted by Crippen LogP contribution is -2.59. The van der Waals surface area contributed by atoms with Crippen molar-refractivity contribution in [3.8, 4) is 5.75 Å². The van der Waals surface area contributed by atoms with Crippen molar-refractivity contribution in [1.82, 2.24) is 15.2 Å². The normalized spacial score (nSPS) is 20.5. The lowest BCUT2D eigenvalue weighted by atomic mass is 9.92. The van der Waals surface area contributed by atoms with Gasteiger partial charge >= 0.3 is 18.2 Å². The Morgan fingerprint density at radius 2 is 1.91 bits per heavy atom. The highest BCUT2D eigenvalue weighted by molar-refractivity contribution is 5.72. The number of likely N-dealkylation sites (tertiary alicyclic amines) is 1. The van der Waals surface area contributed by atoms with Gasteiger partial charge in [-0.1, -0.05) is 36.4 Å². The van der Waals surface area contributed by atoms with Crippen LogP contribution in [0.25, 0.3) is 5.57 Å². The number of hydrogen-bond acceptors (Lipinski definition) is 8. The van der Waals surface area contributed by atoms with Gasteiger partial charge in [0.15, 0.2) is 6.61 Å². The van der Waals surface area contributed by atoms with Crippen LogP contribution in [0.1, 0.15) is 64.0 Å². The van der Waals surface area contributed by atoms with Gasteiger partial charge in [0, 0.05) is 18.3 Å². The van der Waals surface area contributed by atoms with E-state index < -0.39 is 36.4 Å². The van der Waals surface area contributed by atoms with Crippen molar-refractivity contribution in [2.24, 2.45) is 0 Å². The minimum absolute atomic E-state index is 0.0970. The van der Waals surface area contributed by atoms with Gasteiger partial charge in [-0.25, -0.2) is 14.4 Å². The number of rotatable bonds is 10. The Balaban J connectivity index is 1.42. The summed E-state index contributed by atoms with van der Waals surface area (Å²) in [4.78, 5) is 42.6. The highest BCUT2D eigenvalue weighted by atomic mass is 16.6. The maximum Gasteiger partial charge on any atom is 0.410 e. The van der Waals surface area contributed by atoms with Crippen molar-refractivity contribution >= 4 is 23.7 Å². The SMILES string of the molecule is CC(C)(C)OC(=O)NC1CCCN(C(=O)OCc2ccccc2)C1COC1CC=C(c2ccncc2OCC(=O)O)CC1. The first kappa shape index (κ1) is 31.8. The van der Waals surface area contributed by atoms with E-state index in [-0.39, 0.29) is 25.4 Å². The number of benzene rings is 1. The number of carboxylic acid groups (broad SMARTS) is 1. The van der Waals surface area contributed by atoms with Crippen LogP contribution in [0.5, 0.6) is 5.75 Å². The summed E-state index contributed by atoms with van der Waals surface area (Å²) in [5.74, 6) is -0.625. The predicted molar refractivity (Wildman–Crippen MR) is 158 cm³/mol. The topological polar surface area (TPSA) is 137 Å². The summed E-state index contributed by atoms with van der Waals surface area (Å²) in [5, 5.41) is 12.0. The first-order valence-electron chi connectivity index (χ1n) is 14.7. The number of carboxylic acids is 1. The first-order chi connectivity index (χ1) is 20.6. The number of nitrogens with one attached hydrogen (secondary N) is 1. The molecule has 0 spiro atoms. The molecule has 2 aliphatic rings. The Kier molecular flexibility index (Phi) is 11.0. The molecule has 2 amide bonds. The maximum absolute atomic E-state index is 13.3. The number of nitrogens with zero attached hydrogens (tertiary/aromatic N) is 2. The zero-order valence-corrected chi connectivity index (χ0v) is 25.0. The Bertz CT molecular complexity index is 1280. The molecular weight excluding hydrogens is 554 g/mol. The van der Waals surface area contributed by atoms with E-state index in [1.54, 1.807) is 31.9 Å². The van der Waals surface area contributed by atoms with Gasteiger partial charge in [-0.3, -0.25) is 4.98 Å². The van der Waals surface area contributed by atoms with E-state index in [9.17, 15) is 14.4 Å². The summed E-state index contributed by atoms with van der Waals surface area (Å²) in [5.41, 5.74) is 2.09. The van der Waals surface area contributed by atoms with Gasteiger partial charge in [0.05, 0.1) is 31.0 Å². The number of amides is 2. The number of carbonyl (C=O) groups is 3. The maximum atomic E-state index is 13.3. The summed E-state index contributed by atoms with van der Waals surface area (Å²) in [6.45, 7) is 5.83. The average Bonchev–Trinajstić information content (AvgIpc) is 2.98. The molecule has 1 aliphatic heterocycles. The number of aromatic nitrogens is 1. The monoisotopic (exact) mass is 595 g/mol. The van der Waals surface area contributed by atoms with Crippen molar-refractivity contribution in [2.45, 2.75) is 83.3 Å². The van der Waals surface area contributed by atoms with Crippen molar-refractivity contribution in [3.05, 3.63) is 66.0 Å². The van der Waals surface area contributed by atoms with Gasteiger partial charge in [0.1, 0.15) is 18.0 Å². The summed E-state index contributed by atoms with van der Waals surface area (Å²) in [7, 11) is 0. The number of hydrogen-bond donors (Lipinski definition) is 2. The van der Waals surface area contributed by atoms with Crippen molar-refractivity contribution < 1.29 is 38.4 Å². The fourth-order valence-corrected chi connectivity index (χ4v) is 5.26. The number of ether oxygens (including phenoxy) is 4. The highest BCUT2D eigenvalue weighted by Crippen LogP contribution is 2.34. The van der Waals surface area contributed by atoms with Crippen LogP contribution >= 0.6 is 0 Å². The molecule has 1 aromatic heterocycles. The van der Waals surface area contributed by atoms with Gasteiger partial charge in [0.25, 0.3) is 0 Å². The van der Waals surface area contributed by atoms with E-state index >= 15 is 0 Å². The fraction of sp³-hybridized carbons (Fsp3) is 0.500. The number of allylic oxidation sites excluding steroid dienone is 1. The van der Waals surface area contributed by atoms with E-state index in [0.29, 0.717) is 38.0 Å². The van der Waals surface area contributed by atoms with E-state index in [1.807, 2.05) is 36.4 Å². The Hall–Kier alpha value is -4.12. The first-order valence-corrected chi connectivity index (χ1v) is 14.7. The summed E-state index contributed by atoms with van der Waals surface area (Å²) >= 11 is 0. The molecule has 1 saturated heterocycles. The molecular formula is C32H41N3O8. The minimum Gasteiger partial charge on any atom is -0.480 e. The van der Waals surface area contributed by atoms with E-state index in [1.165, 1.54) is 6.20 Å². The molecule has 43 heavy (non-hydrogen) atoms. The molecule has 4 rings (SSSR count). The highest BCUT2D eigenvalue weighted by Gasteiger charge is 2.38. The summed E-state index contributed by atoms with van der Waals surface area (Å²) in [6.07, 6.45) is 7.58. The summed E-state index contributed by atoms with van der Waals surface area (Å²) in [6, 6.07) is 10.5. The largest absolute Gasteiger partial charge is 0.480 e. The number of carbonyl (C=O) groups excluding carboxylic acids is 2. The van der Waals surface area contributed by atoms with Crippen LogP contribution < -0.4 is 10.1 Å². The van der Waals surface area contributed by atoms with Crippen LogP contribution in [0.3, 0.4) is 0 Å². The van der Waals surface area contributed by atoms with E-state index in [4.69, 9.17) is 24.1 Å². The van der Waals surface area contributed by atoms with Gasteiger partial charge in [-0.05, 0) is 70.1 Å². The number of alkyl carbamates (subject to hydrolysis) is 1. The van der Waals surface area contributed by atoms with Gasteiger partial charge in [-0.15, -0.1) is 0 Å². The molecule has 3 unspecified atom stereocenters. The van der Waals surface area contributed by atoms with Crippen molar-refractivity contribution in [1.29, 1.82) is 0 Å². The standard InChI is InChI=1S/C32H41N3O8/c1-32(2,3)43-30(38)34-26-10-7-17-35(31(39)42-19-22-8-5-4-6-9-22)27(26)20-40-24-13-11-23(12-14-24)25-15-16-33-18-28(25)41-21-29(36)37/h4-6,8-9,11,15-16,18,24,26-27H,7,10,12-14,17,19-21H2,1-3H3,(H,34,38)(H,36,37). The quantitative estimate of drug-likeness (QED) is 0.380. The molecule has 11 nitrogen and oxygen atoms in total. The second kappa shape index (κ2) is 14.9. The third kappa shape index (κ3) is 9.71. The van der Waals surface area contributed by atoms with Crippen molar-refractivity contribution in [3.63, 3.8) is 0 Å². The molecule has 0 radical (unpaired) electrons. The number of piperidine rings is 1. The van der Waals surface area contributed by atoms with Crippen LogP contribution in [0.4, 0.5) is 9.59 Å². The summed E-state index contributed by atoms with van der Waals surface area (Å²) < 4.78 is 23.0. The smallest absolute Gasteiger partial charge is 0.410 e.